The van der Waals surface area contributed by atoms with E-state index in [2.05, 4.69) is 5.32 Å². The molecule has 0 aliphatic rings. The molecule has 0 bridgehead atoms. The zero-order valence-corrected chi connectivity index (χ0v) is 11.9. The van der Waals surface area contributed by atoms with Crippen LogP contribution in [-0.4, -0.2) is 11.1 Å². The molecule has 3 aromatic rings. The fraction of sp³-hybridized carbons (Fsp3) is 0.188. The highest BCUT2D eigenvalue weighted by atomic mass is 32.1. The van der Waals surface area contributed by atoms with E-state index in [1.54, 1.807) is 15.9 Å². The number of aromatic nitrogens is 1. The summed E-state index contributed by atoms with van der Waals surface area (Å²) in [6, 6.07) is 14.0. The van der Waals surface area contributed by atoms with Gasteiger partial charge in [0.15, 0.2) is 0 Å². The summed E-state index contributed by atoms with van der Waals surface area (Å²) in [7, 11) is 0. The molecule has 4 heteroatoms. The van der Waals surface area contributed by atoms with Crippen LogP contribution in [0.3, 0.4) is 0 Å². The summed E-state index contributed by atoms with van der Waals surface area (Å²) in [6.07, 6.45) is 2.81. The molecule has 0 atom stereocenters. The summed E-state index contributed by atoms with van der Waals surface area (Å²) in [5.41, 5.74) is 1.23. The third kappa shape index (κ3) is 2.75. The van der Waals surface area contributed by atoms with Gasteiger partial charge >= 0.3 is 0 Å². The number of nitrogens with zero attached hydrogens (tertiary/aromatic N) is 1. The maximum Gasteiger partial charge on any atom is 0.259 e. The Bertz CT molecular complexity index is 746. The van der Waals surface area contributed by atoms with E-state index in [4.69, 9.17) is 0 Å². The first-order chi connectivity index (χ1) is 9.84. The van der Waals surface area contributed by atoms with Crippen molar-refractivity contribution in [1.29, 1.82) is 0 Å². The zero-order valence-electron chi connectivity index (χ0n) is 11.1. The third-order valence-corrected chi connectivity index (χ3v) is 4.15. The number of hydrogen-bond donors (Lipinski definition) is 1. The summed E-state index contributed by atoms with van der Waals surface area (Å²) in [4.78, 5) is 12.2. The van der Waals surface area contributed by atoms with Gasteiger partial charge in [0.1, 0.15) is 0 Å². The normalized spacial score (nSPS) is 10.8. The van der Waals surface area contributed by atoms with E-state index in [0.717, 1.165) is 35.3 Å². The molecule has 102 valence electrons. The summed E-state index contributed by atoms with van der Waals surface area (Å²) in [5, 5.41) is 6.15. The van der Waals surface area contributed by atoms with Gasteiger partial charge in [-0.05, 0) is 36.1 Å². The number of pyridine rings is 1. The quantitative estimate of drug-likeness (QED) is 0.727. The minimum absolute atomic E-state index is 0.114. The molecule has 1 aromatic carbocycles. The van der Waals surface area contributed by atoms with E-state index in [-0.39, 0.29) is 5.56 Å². The van der Waals surface area contributed by atoms with Crippen LogP contribution < -0.4 is 10.9 Å². The number of fused-ring (bicyclic) bond motifs is 1. The van der Waals surface area contributed by atoms with Gasteiger partial charge in [-0.1, -0.05) is 18.2 Å². The van der Waals surface area contributed by atoms with Crippen LogP contribution in [0.25, 0.3) is 10.1 Å². The molecule has 0 saturated heterocycles. The number of hydrogen-bond acceptors (Lipinski definition) is 3. The molecule has 3 rings (SSSR count). The molecule has 0 saturated carbocycles. The third-order valence-electron chi connectivity index (χ3n) is 3.27. The second kappa shape index (κ2) is 5.92. The van der Waals surface area contributed by atoms with Crippen molar-refractivity contribution in [3.05, 3.63) is 64.4 Å². The summed E-state index contributed by atoms with van der Waals surface area (Å²) in [6.45, 7) is 1.60. The highest BCUT2D eigenvalue weighted by Crippen LogP contribution is 2.16. The Hall–Kier alpha value is -2.07. The lowest BCUT2D eigenvalue weighted by atomic mass is 10.3. The topological polar surface area (TPSA) is 34.0 Å². The van der Waals surface area contributed by atoms with Crippen molar-refractivity contribution < 1.29 is 0 Å². The van der Waals surface area contributed by atoms with E-state index in [1.807, 2.05) is 54.0 Å². The monoisotopic (exact) mass is 284 g/mol. The Morgan fingerprint density at radius 2 is 1.95 bits per heavy atom. The van der Waals surface area contributed by atoms with Gasteiger partial charge in [-0.3, -0.25) is 4.79 Å². The van der Waals surface area contributed by atoms with Crippen LogP contribution in [0.2, 0.25) is 0 Å². The lowest BCUT2D eigenvalue weighted by Gasteiger charge is -2.08. The standard InChI is InChI=1S/C16H16N2OS/c19-16-14-8-12-20-15(14)7-11-18(16)10-4-9-17-13-5-2-1-3-6-13/h1-3,5-8,11-12,17H,4,9-10H2. The SMILES string of the molecule is O=c1c2ccsc2ccn1CCCNc1ccccc1. The van der Waals surface area contributed by atoms with Gasteiger partial charge in [0.05, 0.1) is 5.39 Å². The van der Waals surface area contributed by atoms with E-state index >= 15 is 0 Å². The Morgan fingerprint density at radius 3 is 2.80 bits per heavy atom. The lowest BCUT2D eigenvalue weighted by molar-refractivity contribution is 0.644. The molecule has 0 aliphatic carbocycles. The number of para-hydroxylation sites is 1. The van der Waals surface area contributed by atoms with Crippen LogP contribution in [0.5, 0.6) is 0 Å². The molecule has 0 amide bonds. The Balaban J connectivity index is 1.60. The molecule has 2 aromatic heterocycles. The van der Waals surface area contributed by atoms with Gasteiger partial charge in [-0.25, -0.2) is 0 Å². The van der Waals surface area contributed by atoms with Crippen molar-refractivity contribution in [1.82, 2.24) is 4.57 Å². The van der Waals surface area contributed by atoms with Crippen molar-refractivity contribution in [2.24, 2.45) is 0 Å². The number of aryl methyl sites for hydroxylation is 1. The Kier molecular flexibility index (Phi) is 3.83. The van der Waals surface area contributed by atoms with Crippen LogP contribution in [0.4, 0.5) is 5.69 Å². The van der Waals surface area contributed by atoms with E-state index in [9.17, 15) is 4.79 Å². The van der Waals surface area contributed by atoms with Crippen LogP contribution in [0, 0.1) is 0 Å². The van der Waals surface area contributed by atoms with E-state index in [1.165, 1.54) is 0 Å². The lowest BCUT2D eigenvalue weighted by Crippen LogP contribution is -2.20. The molecule has 0 spiro atoms. The fourth-order valence-electron chi connectivity index (χ4n) is 2.22. The van der Waals surface area contributed by atoms with E-state index in [0.29, 0.717) is 0 Å². The van der Waals surface area contributed by atoms with Crippen molar-refractivity contribution >= 4 is 27.1 Å². The molecule has 0 unspecified atom stereocenters. The van der Waals surface area contributed by atoms with Crippen molar-refractivity contribution in [3.8, 4) is 0 Å². The predicted molar refractivity (Wildman–Crippen MR) is 85.6 cm³/mol. The highest BCUT2D eigenvalue weighted by Gasteiger charge is 2.03. The molecule has 1 N–H and O–H groups in total. The number of nitrogens with one attached hydrogen (secondary N) is 1. The molecular formula is C16H16N2OS. The molecule has 0 fully saturated rings. The molecule has 2 heterocycles. The largest absolute Gasteiger partial charge is 0.385 e. The van der Waals surface area contributed by atoms with Crippen molar-refractivity contribution in [3.63, 3.8) is 0 Å². The first-order valence-corrected chi connectivity index (χ1v) is 7.58. The predicted octanol–water partition coefficient (Wildman–Crippen LogP) is 3.57. The first-order valence-electron chi connectivity index (χ1n) is 6.70. The highest BCUT2D eigenvalue weighted by molar-refractivity contribution is 7.17. The molecule has 0 radical (unpaired) electrons. The smallest absolute Gasteiger partial charge is 0.259 e. The second-order valence-electron chi connectivity index (χ2n) is 4.66. The summed E-state index contributed by atoms with van der Waals surface area (Å²) >= 11 is 1.61. The summed E-state index contributed by atoms with van der Waals surface area (Å²) < 4.78 is 2.86. The molecule has 20 heavy (non-hydrogen) atoms. The minimum Gasteiger partial charge on any atom is -0.385 e. The van der Waals surface area contributed by atoms with Crippen LogP contribution in [-0.2, 0) is 6.54 Å². The van der Waals surface area contributed by atoms with Gasteiger partial charge in [0, 0.05) is 29.7 Å². The van der Waals surface area contributed by atoms with Crippen LogP contribution in [0.1, 0.15) is 6.42 Å². The fourth-order valence-corrected chi connectivity index (χ4v) is 2.99. The minimum atomic E-state index is 0.114. The molecular weight excluding hydrogens is 268 g/mol. The van der Waals surface area contributed by atoms with Gasteiger partial charge in [0.25, 0.3) is 5.56 Å². The van der Waals surface area contributed by atoms with Gasteiger partial charge in [0.2, 0.25) is 0 Å². The Labute approximate surface area is 121 Å². The maximum atomic E-state index is 12.2. The average Bonchev–Trinajstić information content (AvgIpc) is 2.96. The van der Waals surface area contributed by atoms with Crippen molar-refractivity contribution in [2.75, 3.05) is 11.9 Å². The number of thiophene rings is 1. The second-order valence-corrected chi connectivity index (χ2v) is 5.61. The van der Waals surface area contributed by atoms with E-state index < -0.39 is 0 Å². The maximum absolute atomic E-state index is 12.2. The number of rotatable bonds is 5. The Morgan fingerprint density at radius 1 is 1.10 bits per heavy atom. The van der Waals surface area contributed by atoms with Gasteiger partial charge in [-0.2, -0.15) is 0 Å². The number of benzene rings is 1. The van der Waals surface area contributed by atoms with Crippen LogP contribution >= 0.6 is 11.3 Å². The average molecular weight is 284 g/mol. The molecule has 3 nitrogen and oxygen atoms in total. The number of anilines is 1. The summed E-state index contributed by atoms with van der Waals surface area (Å²) in [5.74, 6) is 0. The zero-order chi connectivity index (χ0) is 13.8. The van der Waals surface area contributed by atoms with Crippen molar-refractivity contribution in [2.45, 2.75) is 13.0 Å². The first kappa shape index (κ1) is 12.9. The van der Waals surface area contributed by atoms with Gasteiger partial charge in [-0.15, -0.1) is 11.3 Å². The van der Waals surface area contributed by atoms with Gasteiger partial charge < -0.3 is 9.88 Å². The van der Waals surface area contributed by atoms with Crippen LogP contribution in [0.15, 0.2) is 58.8 Å². The molecule has 0 aliphatic heterocycles.